The number of nitrogens with zero attached hydrogens (tertiary/aromatic N) is 1. The molecule has 2 aliphatic heterocycles. The quantitative estimate of drug-likeness (QED) is 0.769. The van der Waals surface area contributed by atoms with Crippen LogP contribution in [-0.4, -0.2) is 49.3 Å². The Balaban J connectivity index is 1.85. The zero-order valence-electron chi connectivity index (χ0n) is 11.5. The van der Waals surface area contributed by atoms with Gasteiger partial charge in [0.1, 0.15) is 0 Å². The highest BCUT2D eigenvalue weighted by molar-refractivity contribution is 4.89. The Morgan fingerprint density at radius 3 is 3.00 bits per heavy atom. The molecule has 0 bridgehead atoms. The lowest BCUT2D eigenvalue weighted by atomic mass is 10.0. The molecule has 0 aromatic carbocycles. The molecule has 2 aliphatic rings. The predicted molar refractivity (Wildman–Crippen MR) is 71.3 cm³/mol. The van der Waals surface area contributed by atoms with Crippen molar-refractivity contribution in [1.82, 2.24) is 10.2 Å². The Morgan fingerprint density at radius 1 is 1.35 bits per heavy atom. The molecule has 3 atom stereocenters. The summed E-state index contributed by atoms with van der Waals surface area (Å²) in [6.07, 6.45) is 6.80. The molecular weight excluding hydrogens is 212 g/mol. The van der Waals surface area contributed by atoms with Crippen molar-refractivity contribution in [2.24, 2.45) is 0 Å². The van der Waals surface area contributed by atoms with Gasteiger partial charge in [0.05, 0.1) is 12.7 Å². The van der Waals surface area contributed by atoms with Gasteiger partial charge < -0.3 is 10.1 Å². The Bertz CT molecular complexity index is 222. The molecule has 0 aromatic rings. The molecule has 3 unspecified atom stereocenters. The van der Waals surface area contributed by atoms with Crippen LogP contribution in [0.2, 0.25) is 0 Å². The van der Waals surface area contributed by atoms with Gasteiger partial charge in [0, 0.05) is 18.6 Å². The Kier molecular flexibility index (Phi) is 5.26. The van der Waals surface area contributed by atoms with Crippen LogP contribution < -0.4 is 5.32 Å². The Labute approximate surface area is 106 Å². The first kappa shape index (κ1) is 13.3. The van der Waals surface area contributed by atoms with Crippen molar-refractivity contribution in [3.05, 3.63) is 0 Å². The highest BCUT2D eigenvalue weighted by Gasteiger charge is 2.35. The second-order valence-corrected chi connectivity index (χ2v) is 5.51. The van der Waals surface area contributed by atoms with Gasteiger partial charge in [-0.1, -0.05) is 20.3 Å². The van der Waals surface area contributed by atoms with Crippen LogP contribution in [0, 0.1) is 0 Å². The molecule has 0 amide bonds. The van der Waals surface area contributed by atoms with Gasteiger partial charge in [0.2, 0.25) is 0 Å². The summed E-state index contributed by atoms with van der Waals surface area (Å²) in [5, 5.41) is 3.67. The van der Waals surface area contributed by atoms with E-state index in [2.05, 4.69) is 24.1 Å². The molecule has 0 aromatic heterocycles. The molecule has 100 valence electrons. The zero-order chi connectivity index (χ0) is 12.1. The first-order valence-corrected chi connectivity index (χ1v) is 7.44. The fourth-order valence-electron chi connectivity index (χ4n) is 3.15. The third-order valence-corrected chi connectivity index (χ3v) is 4.12. The van der Waals surface area contributed by atoms with Crippen molar-refractivity contribution in [3.8, 4) is 0 Å². The number of fused-ring (bicyclic) bond motifs is 1. The van der Waals surface area contributed by atoms with E-state index < -0.39 is 0 Å². The van der Waals surface area contributed by atoms with Gasteiger partial charge in [-0.15, -0.1) is 0 Å². The normalized spacial score (nSPS) is 31.4. The summed E-state index contributed by atoms with van der Waals surface area (Å²) in [5.41, 5.74) is 0. The Morgan fingerprint density at radius 2 is 2.24 bits per heavy atom. The lowest BCUT2D eigenvalue weighted by Crippen LogP contribution is -2.54. The van der Waals surface area contributed by atoms with Crippen molar-refractivity contribution in [2.75, 3.05) is 26.2 Å². The monoisotopic (exact) mass is 240 g/mol. The maximum Gasteiger partial charge on any atom is 0.0855 e. The highest BCUT2D eigenvalue weighted by atomic mass is 16.5. The minimum absolute atomic E-state index is 0.413. The van der Waals surface area contributed by atoms with E-state index in [1.165, 1.54) is 38.6 Å². The minimum Gasteiger partial charge on any atom is -0.374 e. The topological polar surface area (TPSA) is 24.5 Å². The summed E-state index contributed by atoms with van der Waals surface area (Å²) in [6, 6.07) is 1.28. The highest BCUT2D eigenvalue weighted by Crippen LogP contribution is 2.24. The summed E-state index contributed by atoms with van der Waals surface area (Å²) < 4.78 is 6.10. The van der Waals surface area contributed by atoms with Gasteiger partial charge in [-0.2, -0.15) is 0 Å². The van der Waals surface area contributed by atoms with Gasteiger partial charge in [-0.25, -0.2) is 0 Å². The van der Waals surface area contributed by atoms with Gasteiger partial charge in [-0.05, 0) is 38.8 Å². The van der Waals surface area contributed by atoms with Gasteiger partial charge in [-0.3, -0.25) is 4.90 Å². The molecule has 2 saturated heterocycles. The molecule has 0 spiro atoms. The molecule has 3 nitrogen and oxygen atoms in total. The second kappa shape index (κ2) is 6.72. The van der Waals surface area contributed by atoms with E-state index in [9.17, 15) is 0 Å². The van der Waals surface area contributed by atoms with E-state index in [4.69, 9.17) is 4.74 Å². The summed E-state index contributed by atoms with van der Waals surface area (Å²) in [7, 11) is 0. The number of hydrogen-bond acceptors (Lipinski definition) is 3. The van der Waals surface area contributed by atoms with Crippen LogP contribution in [0.15, 0.2) is 0 Å². The number of nitrogens with one attached hydrogen (secondary N) is 1. The first-order valence-electron chi connectivity index (χ1n) is 7.44. The Hall–Kier alpha value is -0.120. The SMILES string of the molecule is CCCNC(CCC)C1CN2CCCC2CO1. The third-order valence-electron chi connectivity index (χ3n) is 4.12. The van der Waals surface area contributed by atoms with Crippen LogP contribution in [0.1, 0.15) is 46.0 Å². The van der Waals surface area contributed by atoms with Crippen molar-refractivity contribution in [3.63, 3.8) is 0 Å². The summed E-state index contributed by atoms with van der Waals surface area (Å²) in [6.45, 7) is 9.01. The summed E-state index contributed by atoms with van der Waals surface area (Å²) >= 11 is 0. The molecule has 1 N–H and O–H groups in total. The zero-order valence-corrected chi connectivity index (χ0v) is 11.5. The first-order chi connectivity index (χ1) is 8.35. The molecular formula is C14H28N2O. The maximum absolute atomic E-state index is 6.10. The molecule has 2 heterocycles. The molecule has 2 rings (SSSR count). The minimum atomic E-state index is 0.413. The molecule has 0 radical (unpaired) electrons. The van der Waals surface area contributed by atoms with Crippen molar-refractivity contribution < 1.29 is 4.74 Å². The van der Waals surface area contributed by atoms with Crippen LogP contribution in [0.5, 0.6) is 0 Å². The fourth-order valence-corrected chi connectivity index (χ4v) is 3.15. The molecule has 0 aliphatic carbocycles. The predicted octanol–water partition coefficient (Wildman–Crippen LogP) is 2.02. The largest absolute Gasteiger partial charge is 0.374 e. The van der Waals surface area contributed by atoms with Crippen LogP contribution in [0.3, 0.4) is 0 Å². The average molecular weight is 240 g/mol. The second-order valence-electron chi connectivity index (χ2n) is 5.51. The molecule has 2 fully saturated rings. The number of ether oxygens (including phenoxy) is 1. The van der Waals surface area contributed by atoms with Crippen LogP contribution in [0.25, 0.3) is 0 Å². The molecule has 17 heavy (non-hydrogen) atoms. The lowest BCUT2D eigenvalue weighted by molar-refractivity contribution is -0.0656. The smallest absolute Gasteiger partial charge is 0.0855 e. The summed E-state index contributed by atoms with van der Waals surface area (Å²) in [5.74, 6) is 0. The van der Waals surface area contributed by atoms with E-state index in [0.717, 1.165) is 25.7 Å². The van der Waals surface area contributed by atoms with Gasteiger partial charge in [0.25, 0.3) is 0 Å². The third kappa shape index (κ3) is 3.43. The molecule has 0 saturated carbocycles. The van der Waals surface area contributed by atoms with Gasteiger partial charge in [0.15, 0.2) is 0 Å². The van der Waals surface area contributed by atoms with Crippen LogP contribution in [-0.2, 0) is 4.74 Å². The number of rotatable bonds is 6. The standard InChI is InChI=1S/C14H28N2O/c1-3-6-13(15-8-4-2)14-10-16-9-5-7-12(16)11-17-14/h12-15H,3-11H2,1-2H3. The van der Waals surface area contributed by atoms with Crippen LogP contribution in [0.4, 0.5) is 0 Å². The number of hydrogen-bond donors (Lipinski definition) is 1. The van der Waals surface area contributed by atoms with Crippen molar-refractivity contribution in [2.45, 2.75) is 64.1 Å². The molecule has 3 heteroatoms. The van der Waals surface area contributed by atoms with E-state index >= 15 is 0 Å². The van der Waals surface area contributed by atoms with E-state index in [1.54, 1.807) is 0 Å². The summed E-state index contributed by atoms with van der Waals surface area (Å²) in [4.78, 5) is 2.64. The lowest BCUT2D eigenvalue weighted by Gasteiger charge is -2.39. The van der Waals surface area contributed by atoms with E-state index in [1.807, 2.05) is 0 Å². The van der Waals surface area contributed by atoms with Crippen LogP contribution >= 0.6 is 0 Å². The van der Waals surface area contributed by atoms with Crippen molar-refractivity contribution in [1.29, 1.82) is 0 Å². The average Bonchev–Trinajstić information content (AvgIpc) is 2.81. The van der Waals surface area contributed by atoms with E-state index in [0.29, 0.717) is 12.1 Å². The number of morpholine rings is 1. The van der Waals surface area contributed by atoms with E-state index in [-0.39, 0.29) is 0 Å². The van der Waals surface area contributed by atoms with Gasteiger partial charge >= 0.3 is 0 Å². The fraction of sp³-hybridized carbons (Fsp3) is 1.00. The van der Waals surface area contributed by atoms with Crippen molar-refractivity contribution >= 4 is 0 Å². The maximum atomic E-state index is 6.10.